The van der Waals surface area contributed by atoms with Crippen LogP contribution in [-0.2, 0) is 9.84 Å². The highest BCUT2D eigenvalue weighted by atomic mass is 32.2. The third-order valence-electron chi connectivity index (χ3n) is 2.33. The summed E-state index contributed by atoms with van der Waals surface area (Å²) in [4.78, 5) is -1.52. The highest BCUT2D eigenvalue weighted by Gasteiger charge is 2.41. The second kappa shape index (κ2) is 6.06. The predicted molar refractivity (Wildman–Crippen MR) is 69.1 cm³/mol. The van der Waals surface area contributed by atoms with Crippen LogP contribution in [-0.4, -0.2) is 20.3 Å². The molecule has 0 aliphatic carbocycles. The highest BCUT2D eigenvalue weighted by molar-refractivity contribution is 7.95. The molecule has 1 aromatic rings. The van der Waals surface area contributed by atoms with Crippen LogP contribution in [0.3, 0.4) is 0 Å². The van der Waals surface area contributed by atoms with Gasteiger partial charge in [0, 0.05) is 0 Å². The van der Waals surface area contributed by atoms with Crippen LogP contribution >= 0.6 is 0 Å². The van der Waals surface area contributed by atoms with Gasteiger partial charge in [-0.2, -0.15) is 13.2 Å². The number of allylic oxidation sites excluding steroid dienone is 3. The Balaban J connectivity index is 3.08. The molecule has 0 atom stereocenters. The summed E-state index contributed by atoms with van der Waals surface area (Å²) in [5.41, 5.74) is 0.689. The second-order valence-corrected chi connectivity index (χ2v) is 5.95. The molecule has 0 spiro atoms. The summed E-state index contributed by atoms with van der Waals surface area (Å²) in [6.07, 6.45) is -1.79. The number of halogens is 3. The van der Waals surface area contributed by atoms with E-state index in [4.69, 9.17) is 0 Å². The van der Waals surface area contributed by atoms with Crippen molar-refractivity contribution in [3.05, 3.63) is 53.0 Å². The summed E-state index contributed by atoms with van der Waals surface area (Å²) in [5, 5.41) is 0. The normalized spacial score (nSPS) is 14.0. The standard InChI is InChI=1S/C13H13F3O2S/c1-2-19(17,18)12(13(14,15)16)10-6-9-11-7-4-3-5-8-11/h3-10H,2H2,1H3/b9-6+,12-10-. The molecule has 2 nitrogen and oxygen atoms in total. The van der Waals surface area contributed by atoms with Crippen LogP contribution < -0.4 is 0 Å². The molecule has 0 bridgehead atoms. The minimum absolute atomic E-state index is 0.586. The molecule has 19 heavy (non-hydrogen) atoms. The number of hydrogen-bond donors (Lipinski definition) is 0. The third-order valence-corrected chi connectivity index (χ3v) is 4.13. The minimum Gasteiger partial charge on any atom is -0.224 e. The lowest BCUT2D eigenvalue weighted by Crippen LogP contribution is -2.21. The van der Waals surface area contributed by atoms with E-state index in [9.17, 15) is 21.6 Å². The van der Waals surface area contributed by atoms with Gasteiger partial charge in [-0.15, -0.1) is 0 Å². The molecule has 0 aliphatic heterocycles. The monoisotopic (exact) mass is 290 g/mol. The van der Waals surface area contributed by atoms with E-state index in [2.05, 4.69) is 0 Å². The molecule has 0 radical (unpaired) electrons. The Morgan fingerprint density at radius 2 is 1.79 bits per heavy atom. The first kappa shape index (κ1) is 15.5. The van der Waals surface area contributed by atoms with Gasteiger partial charge in [-0.3, -0.25) is 0 Å². The lowest BCUT2D eigenvalue weighted by molar-refractivity contribution is -0.0844. The Morgan fingerprint density at radius 1 is 1.21 bits per heavy atom. The predicted octanol–water partition coefficient (Wildman–Crippen LogP) is 3.58. The molecule has 0 saturated carbocycles. The van der Waals surface area contributed by atoms with Crippen LogP contribution in [0.2, 0.25) is 0 Å². The first-order valence-corrected chi connectivity index (χ1v) is 7.16. The Morgan fingerprint density at radius 3 is 2.26 bits per heavy atom. The number of benzene rings is 1. The first-order valence-electron chi connectivity index (χ1n) is 5.50. The minimum atomic E-state index is -4.88. The quantitative estimate of drug-likeness (QED) is 0.794. The van der Waals surface area contributed by atoms with Crippen LogP contribution in [0.1, 0.15) is 12.5 Å². The summed E-state index contributed by atoms with van der Waals surface area (Å²) >= 11 is 0. The van der Waals surface area contributed by atoms with Crippen molar-refractivity contribution in [2.24, 2.45) is 0 Å². The third kappa shape index (κ3) is 4.55. The molecule has 0 fully saturated rings. The molecule has 104 valence electrons. The van der Waals surface area contributed by atoms with Crippen LogP contribution in [0.4, 0.5) is 13.2 Å². The van der Waals surface area contributed by atoms with Crippen LogP contribution in [0.15, 0.2) is 47.4 Å². The Labute approximate surface area is 110 Å². The van der Waals surface area contributed by atoms with E-state index in [1.54, 1.807) is 30.3 Å². The summed E-state index contributed by atoms with van der Waals surface area (Å²) in [5.74, 6) is -0.586. The van der Waals surface area contributed by atoms with Gasteiger partial charge in [0.1, 0.15) is 4.91 Å². The van der Waals surface area contributed by atoms with Crippen molar-refractivity contribution in [2.45, 2.75) is 13.1 Å². The SMILES string of the molecule is CCS(=O)(=O)/C(=C\C=C\c1ccccc1)C(F)(F)F. The maximum Gasteiger partial charge on any atom is 0.427 e. The van der Waals surface area contributed by atoms with E-state index in [1.165, 1.54) is 13.0 Å². The Kier molecular flexibility index (Phi) is 4.94. The summed E-state index contributed by atoms with van der Waals surface area (Å²) in [6, 6.07) is 8.64. The number of alkyl halides is 3. The van der Waals surface area contributed by atoms with Crippen LogP contribution in [0, 0.1) is 0 Å². The fraction of sp³-hybridized carbons (Fsp3) is 0.231. The first-order chi connectivity index (χ1) is 8.77. The maximum atomic E-state index is 12.6. The van der Waals surface area contributed by atoms with Crippen LogP contribution in [0.25, 0.3) is 6.08 Å². The largest absolute Gasteiger partial charge is 0.427 e. The molecule has 0 N–H and O–H groups in total. The Hall–Kier alpha value is -1.56. The van der Waals surface area contributed by atoms with Gasteiger partial charge in [-0.05, 0) is 11.6 Å². The van der Waals surface area contributed by atoms with Gasteiger partial charge in [0.05, 0.1) is 5.75 Å². The van der Waals surface area contributed by atoms with E-state index >= 15 is 0 Å². The molecular weight excluding hydrogens is 277 g/mol. The van der Waals surface area contributed by atoms with Gasteiger partial charge < -0.3 is 0 Å². The van der Waals surface area contributed by atoms with Crippen LogP contribution in [0.5, 0.6) is 0 Å². The van der Waals surface area contributed by atoms with Crippen molar-refractivity contribution in [2.75, 3.05) is 5.75 Å². The maximum absolute atomic E-state index is 12.6. The lowest BCUT2D eigenvalue weighted by Gasteiger charge is -2.10. The molecule has 6 heteroatoms. The summed E-state index contributed by atoms with van der Waals surface area (Å²) in [7, 11) is -4.29. The zero-order valence-electron chi connectivity index (χ0n) is 10.2. The molecule has 0 amide bonds. The van der Waals surface area contributed by atoms with E-state index in [1.807, 2.05) is 0 Å². The van der Waals surface area contributed by atoms with E-state index in [0.717, 1.165) is 6.08 Å². The molecule has 0 saturated heterocycles. The smallest absolute Gasteiger partial charge is 0.224 e. The Bertz CT molecular complexity index is 570. The molecule has 1 rings (SSSR count). The lowest BCUT2D eigenvalue weighted by atomic mass is 10.2. The zero-order chi connectivity index (χ0) is 14.5. The van der Waals surface area contributed by atoms with Crippen molar-refractivity contribution >= 4 is 15.9 Å². The van der Waals surface area contributed by atoms with Crippen molar-refractivity contribution in [1.82, 2.24) is 0 Å². The van der Waals surface area contributed by atoms with Gasteiger partial charge in [-0.25, -0.2) is 8.42 Å². The molecular formula is C13H13F3O2S. The second-order valence-electron chi connectivity index (χ2n) is 3.70. The van der Waals surface area contributed by atoms with Crippen molar-refractivity contribution in [1.29, 1.82) is 0 Å². The highest BCUT2D eigenvalue weighted by Crippen LogP contribution is 2.30. The topological polar surface area (TPSA) is 34.1 Å². The molecule has 0 unspecified atom stereocenters. The number of hydrogen-bond acceptors (Lipinski definition) is 2. The molecule has 0 aliphatic rings. The number of rotatable bonds is 4. The van der Waals surface area contributed by atoms with Crippen molar-refractivity contribution in [3.63, 3.8) is 0 Å². The zero-order valence-corrected chi connectivity index (χ0v) is 11.0. The fourth-order valence-corrected chi connectivity index (χ4v) is 2.29. The summed E-state index contributed by atoms with van der Waals surface area (Å²) < 4.78 is 60.7. The average molecular weight is 290 g/mol. The molecule has 0 aromatic heterocycles. The number of sulfone groups is 1. The van der Waals surface area contributed by atoms with Gasteiger partial charge in [-0.1, -0.05) is 49.4 Å². The van der Waals surface area contributed by atoms with Crippen molar-refractivity contribution < 1.29 is 21.6 Å². The van der Waals surface area contributed by atoms with E-state index in [-0.39, 0.29) is 0 Å². The van der Waals surface area contributed by atoms with Gasteiger partial charge in [0.25, 0.3) is 0 Å². The van der Waals surface area contributed by atoms with Gasteiger partial charge in [0.2, 0.25) is 0 Å². The fourth-order valence-electron chi connectivity index (χ4n) is 1.34. The van der Waals surface area contributed by atoms with E-state index in [0.29, 0.717) is 11.6 Å². The molecule has 0 heterocycles. The molecule has 1 aromatic carbocycles. The average Bonchev–Trinajstić information content (AvgIpc) is 2.34. The van der Waals surface area contributed by atoms with Crippen molar-refractivity contribution in [3.8, 4) is 0 Å². The van der Waals surface area contributed by atoms with E-state index < -0.39 is 26.7 Å². The summed E-state index contributed by atoms with van der Waals surface area (Å²) in [6.45, 7) is 1.18. The van der Waals surface area contributed by atoms with Gasteiger partial charge >= 0.3 is 6.18 Å². The van der Waals surface area contributed by atoms with Gasteiger partial charge in [0.15, 0.2) is 9.84 Å².